The Balaban J connectivity index is 2.20. The summed E-state index contributed by atoms with van der Waals surface area (Å²) in [5.74, 6) is -2.46. The van der Waals surface area contributed by atoms with Gasteiger partial charge < -0.3 is 10.0 Å². The van der Waals surface area contributed by atoms with Gasteiger partial charge in [-0.25, -0.2) is 8.78 Å². The van der Waals surface area contributed by atoms with E-state index in [1.807, 2.05) is 0 Å². The summed E-state index contributed by atoms with van der Waals surface area (Å²) in [6.45, 7) is 2.47. The van der Waals surface area contributed by atoms with E-state index >= 15 is 0 Å². The smallest absolute Gasteiger partial charge is 0.256 e. The molecule has 0 radical (unpaired) electrons. The number of benzene rings is 1. The van der Waals surface area contributed by atoms with E-state index in [-0.39, 0.29) is 11.5 Å². The molecule has 1 heterocycles. The molecule has 2 rings (SSSR count). The van der Waals surface area contributed by atoms with Gasteiger partial charge in [-0.2, -0.15) is 0 Å². The molecule has 2 atom stereocenters. The highest BCUT2D eigenvalue weighted by Crippen LogP contribution is 2.26. The molecule has 1 aliphatic heterocycles. The summed E-state index contributed by atoms with van der Waals surface area (Å²) in [6.07, 6.45) is 0.152. The zero-order valence-electron chi connectivity index (χ0n) is 10.4. The second-order valence-corrected chi connectivity index (χ2v) is 5.14. The Labute approximate surface area is 114 Å². The monoisotopic (exact) mass is 289 g/mol. The van der Waals surface area contributed by atoms with Gasteiger partial charge in [0.1, 0.15) is 10.8 Å². The van der Waals surface area contributed by atoms with E-state index in [4.69, 9.17) is 11.6 Å². The molecule has 19 heavy (non-hydrogen) atoms. The molecule has 0 spiro atoms. The van der Waals surface area contributed by atoms with Crippen LogP contribution in [0.3, 0.4) is 0 Å². The van der Waals surface area contributed by atoms with Gasteiger partial charge in [-0.05, 0) is 25.5 Å². The lowest BCUT2D eigenvalue weighted by molar-refractivity contribution is 0.0758. The Morgan fingerprint density at radius 2 is 2.21 bits per heavy atom. The van der Waals surface area contributed by atoms with Crippen LogP contribution in [0, 0.1) is 17.6 Å². The standard InChI is InChI=1S/C13H14ClF2NO2/c1-7(18)8-4-5-17(6-8)13(19)9-2-3-10(15)11(14)12(9)16/h2-3,7-8,18H,4-6H2,1H3. The van der Waals surface area contributed by atoms with Crippen LogP contribution in [0.1, 0.15) is 23.7 Å². The molecular weight excluding hydrogens is 276 g/mol. The fourth-order valence-corrected chi connectivity index (χ4v) is 2.39. The lowest BCUT2D eigenvalue weighted by Gasteiger charge is -2.18. The van der Waals surface area contributed by atoms with Crippen LogP contribution in [0.15, 0.2) is 12.1 Å². The second kappa shape index (κ2) is 5.43. The first-order valence-electron chi connectivity index (χ1n) is 6.02. The molecule has 0 aliphatic carbocycles. The molecule has 0 saturated carbocycles. The third-order valence-electron chi connectivity index (χ3n) is 3.46. The summed E-state index contributed by atoms with van der Waals surface area (Å²) in [7, 11) is 0. The fourth-order valence-electron chi connectivity index (χ4n) is 2.23. The number of hydrogen-bond acceptors (Lipinski definition) is 2. The summed E-state index contributed by atoms with van der Waals surface area (Å²) in [4.78, 5) is 13.6. The molecule has 0 bridgehead atoms. The maximum absolute atomic E-state index is 13.8. The molecule has 104 valence electrons. The minimum Gasteiger partial charge on any atom is -0.393 e. The van der Waals surface area contributed by atoms with Crippen LogP contribution in [0.5, 0.6) is 0 Å². The van der Waals surface area contributed by atoms with Crippen molar-refractivity contribution >= 4 is 17.5 Å². The molecule has 1 saturated heterocycles. The van der Waals surface area contributed by atoms with Crippen LogP contribution >= 0.6 is 11.6 Å². The van der Waals surface area contributed by atoms with Crippen LogP contribution < -0.4 is 0 Å². The predicted octanol–water partition coefficient (Wildman–Crippen LogP) is 2.46. The van der Waals surface area contributed by atoms with Crippen molar-refractivity contribution in [2.24, 2.45) is 5.92 Å². The maximum atomic E-state index is 13.8. The van der Waals surface area contributed by atoms with E-state index < -0.39 is 28.7 Å². The van der Waals surface area contributed by atoms with E-state index in [0.717, 1.165) is 12.1 Å². The Kier molecular flexibility index (Phi) is 4.06. The lowest BCUT2D eigenvalue weighted by Crippen LogP contribution is -2.31. The molecule has 2 unspecified atom stereocenters. The Morgan fingerprint density at radius 3 is 2.79 bits per heavy atom. The van der Waals surface area contributed by atoms with Crippen molar-refractivity contribution in [2.45, 2.75) is 19.4 Å². The van der Waals surface area contributed by atoms with Gasteiger partial charge in [-0.3, -0.25) is 4.79 Å². The van der Waals surface area contributed by atoms with Crippen molar-refractivity contribution in [1.29, 1.82) is 0 Å². The first kappa shape index (κ1) is 14.2. The molecule has 1 aliphatic rings. The average molecular weight is 290 g/mol. The summed E-state index contributed by atoms with van der Waals surface area (Å²) in [6, 6.07) is 2.06. The number of halogens is 3. The number of rotatable bonds is 2. The quantitative estimate of drug-likeness (QED) is 0.850. The average Bonchev–Trinajstić information content (AvgIpc) is 2.85. The molecule has 6 heteroatoms. The van der Waals surface area contributed by atoms with E-state index in [1.54, 1.807) is 6.92 Å². The normalized spacial score (nSPS) is 20.7. The van der Waals surface area contributed by atoms with Gasteiger partial charge in [-0.1, -0.05) is 11.6 Å². The van der Waals surface area contributed by atoms with Crippen molar-refractivity contribution in [1.82, 2.24) is 4.90 Å². The van der Waals surface area contributed by atoms with Gasteiger partial charge in [0.15, 0.2) is 5.82 Å². The van der Waals surface area contributed by atoms with Crippen molar-refractivity contribution in [3.05, 3.63) is 34.4 Å². The van der Waals surface area contributed by atoms with Gasteiger partial charge in [0.2, 0.25) is 0 Å². The number of nitrogens with zero attached hydrogens (tertiary/aromatic N) is 1. The SMILES string of the molecule is CC(O)C1CCN(C(=O)c2ccc(F)c(Cl)c2F)C1. The van der Waals surface area contributed by atoms with Crippen LogP contribution in [0.25, 0.3) is 0 Å². The molecule has 1 aromatic carbocycles. The summed E-state index contributed by atoms with van der Waals surface area (Å²) < 4.78 is 26.8. The first-order valence-corrected chi connectivity index (χ1v) is 6.40. The topological polar surface area (TPSA) is 40.5 Å². The Bertz CT molecular complexity index is 508. The van der Waals surface area contributed by atoms with Crippen molar-refractivity contribution in [3.63, 3.8) is 0 Å². The number of likely N-dealkylation sites (tertiary alicyclic amines) is 1. The predicted molar refractivity (Wildman–Crippen MR) is 67.1 cm³/mol. The van der Waals surface area contributed by atoms with Gasteiger partial charge in [0, 0.05) is 19.0 Å². The van der Waals surface area contributed by atoms with Gasteiger partial charge in [-0.15, -0.1) is 0 Å². The third-order valence-corrected chi connectivity index (χ3v) is 3.81. The molecule has 1 fully saturated rings. The molecule has 1 N–H and O–H groups in total. The lowest BCUT2D eigenvalue weighted by atomic mass is 10.0. The fraction of sp³-hybridized carbons (Fsp3) is 0.462. The maximum Gasteiger partial charge on any atom is 0.256 e. The Morgan fingerprint density at radius 1 is 1.53 bits per heavy atom. The third kappa shape index (κ3) is 2.72. The number of carbonyl (C=O) groups is 1. The molecule has 1 amide bonds. The van der Waals surface area contributed by atoms with Crippen LogP contribution in [0.2, 0.25) is 5.02 Å². The van der Waals surface area contributed by atoms with Crippen LogP contribution in [0.4, 0.5) is 8.78 Å². The zero-order chi connectivity index (χ0) is 14.2. The van der Waals surface area contributed by atoms with Crippen LogP contribution in [-0.4, -0.2) is 35.1 Å². The summed E-state index contributed by atoms with van der Waals surface area (Å²) >= 11 is 5.45. The first-order chi connectivity index (χ1) is 8.91. The Hall–Kier alpha value is -1.20. The highest BCUT2D eigenvalue weighted by Gasteiger charge is 2.31. The highest BCUT2D eigenvalue weighted by atomic mass is 35.5. The van der Waals surface area contributed by atoms with Crippen molar-refractivity contribution < 1.29 is 18.7 Å². The van der Waals surface area contributed by atoms with Gasteiger partial charge in [0.25, 0.3) is 5.91 Å². The zero-order valence-corrected chi connectivity index (χ0v) is 11.1. The van der Waals surface area contributed by atoms with E-state index in [1.165, 1.54) is 4.90 Å². The largest absolute Gasteiger partial charge is 0.393 e. The number of carbonyl (C=O) groups excluding carboxylic acids is 1. The van der Waals surface area contributed by atoms with E-state index in [2.05, 4.69) is 0 Å². The summed E-state index contributed by atoms with van der Waals surface area (Å²) in [5, 5.41) is 8.81. The minimum absolute atomic E-state index is 0.0112. The van der Waals surface area contributed by atoms with Gasteiger partial charge >= 0.3 is 0 Å². The van der Waals surface area contributed by atoms with Crippen molar-refractivity contribution in [2.75, 3.05) is 13.1 Å². The number of aliphatic hydroxyl groups excluding tert-OH is 1. The van der Waals surface area contributed by atoms with Gasteiger partial charge in [0.05, 0.1) is 11.7 Å². The minimum atomic E-state index is -1.04. The molecule has 1 aromatic rings. The highest BCUT2D eigenvalue weighted by molar-refractivity contribution is 6.31. The van der Waals surface area contributed by atoms with Crippen molar-refractivity contribution in [3.8, 4) is 0 Å². The van der Waals surface area contributed by atoms with E-state index in [0.29, 0.717) is 19.5 Å². The molecule has 3 nitrogen and oxygen atoms in total. The van der Waals surface area contributed by atoms with Crippen LogP contribution in [-0.2, 0) is 0 Å². The molecule has 0 aromatic heterocycles. The second-order valence-electron chi connectivity index (χ2n) is 4.76. The van der Waals surface area contributed by atoms with E-state index in [9.17, 15) is 18.7 Å². The number of hydrogen-bond donors (Lipinski definition) is 1. The summed E-state index contributed by atoms with van der Waals surface area (Å²) in [5.41, 5.74) is -0.238. The number of amides is 1. The molecular formula is C13H14ClF2NO2. The number of aliphatic hydroxyl groups is 1.